The third-order valence-corrected chi connectivity index (χ3v) is 3.61. The van der Waals surface area contributed by atoms with Gasteiger partial charge in [0, 0.05) is 23.5 Å². The molecule has 0 aliphatic heterocycles. The lowest BCUT2D eigenvalue weighted by Gasteiger charge is -2.03. The minimum atomic E-state index is -0.454. The van der Waals surface area contributed by atoms with Gasteiger partial charge in [-0.15, -0.1) is 0 Å². The van der Waals surface area contributed by atoms with Crippen molar-refractivity contribution < 1.29 is 4.79 Å². The molecule has 110 valence electrons. The molecule has 0 fully saturated rings. The van der Waals surface area contributed by atoms with Crippen LogP contribution in [-0.4, -0.2) is 15.2 Å². The van der Waals surface area contributed by atoms with Crippen LogP contribution in [-0.2, 0) is 6.42 Å². The van der Waals surface area contributed by atoms with E-state index in [4.69, 9.17) is 11.6 Å². The first kappa shape index (κ1) is 15.6. The van der Waals surface area contributed by atoms with Crippen molar-refractivity contribution >= 4 is 16.8 Å². The van der Waals surface area contributed by atoms with Crippen LogP contribution in [0.1, 0.15) is 48.5 Å². The van der Waals surface area contributed by atoms with Gasteiger partial charge in [-0.3, -0.25) is 4.79 Å². The van der Waals surface area contributed by atoms with E-state index in [1.54, 1.807) is 12.1 Å². The summed E-state index contributed by atoms with van der Waals surface area (Å²) in [6.07, 6.45) is 9.76. The van der Waals surface area contributed by atoms with Crippen LogP contribution in [0.4, 0.5) is 0 Å². The third-order valence-electron chi connectivity index (χ3n) is 3.39. The predicted molar refractivity (Wildman–Crippen MR) is 85.5 cm³/mol. The average molecular weight is 303 g/mol. The summed E-state index contributed by atoms with van der Waals surface area (Å²) in [5.41, 5.74) is 2.53. The van der Waals surface area contributed by atoms with E-state index in [0.717, 1.165) is 12.0 Å². The summed E-state index contributed by atoms with van der Waals surface area (Å²) in [7, 11) is 0. The van der Waals surface area contributed by atoms with Gasteiger partial charge in [0.15, 0.2) is 5.82 Å². The fraction of sp³-hybridized carbons (Fsp3) is 0.353. The summed E-state index contributed by atoms with van der Waals surface area (Å²) in [6, 6.07) is 7.00. The van der Waals surface area contributed by atoms with Crippen LogP contribution in [0.2, 0.25) is 0 Å². The second-order valence-electron chi connectivity index (χ2n) is 5.08. The lowest BCUT2D eigenvalue weighted by molar-refractivity contribution is 0.108. The van der Waals surface area contributed by atoms with Crippen molar-refractivity contribution in [3.05, 3.63) is 47.8 Å². The standard InChI is InChI=1S/C17H19ClN2O/c1-2-3-4-5-6-13-11-19-17(20-12-13)15-9-7-14(8-10-15)16(18)21/h7-12H,2-6H2,1H3. The van der Waals surface area contributed by atoms with Crippen LogP contribution in [0.15, 0.2) is 36.7 Å². The predicted octanol–water partition coefficient (Wildman–Crippen LogP) is 4.65. The van der Waals surface area contributed by atoms with Crippen LogP contribution in [0.5, 0.6) is 0 Å². The Morgan fingerprint density at radius 2 is 1.71 bits per heavy atom. The molecule has 1 heterocycles. The molecule has 0 saturated carbocycles. The Morgan fingerprint density at radius 1 is 1.05 bits per heavy atom. The molecule has 0 amide bonds. The van der Waals surface area contributed by atoms with E-state index in [-0.39, 0.29) is 0 Å². The molecule has 4 heteroatoms. The number of hydrogen-bond acceptors (Lipinski definition) is 3. The molecule has 0 N–H and O–H groups in total. The van der Waals surface area contributed by atoms with E-state index < -0.39 is 5.24 Å². The van der Waals surface area contributed by atoms with E-state index in [1.807, 2.05) is 24.5 Å². The fourth-order valence-corrected chi connectivity index (χ4v) is 2.27. The molecule has 0 aliphatic rings. The zero-order valence-electron chi connectivity index (χ0n) is 12.2. The molecule has 21 heavy (non-hydrogen) atoms. The van der Waals surface area contributed by atoms with Gasteiger partial charge in [-0.2, -0.15) is 0 Å². The van der Waals surface area contributed by atoms with Crippen LogP contribution in [0.25, 0.3) is 11.4 Å². The first-order valence-electron chi connectivity index (χ1n) is 7.32. The molecule has 0 aliphatic carbocycles. The van der Waals surface area contributed by atoms with Gasteiger partial charge in [-0.05, 0) is 42.1 Å². The maximum atomic E-state index is 11.0. The van der Waals surface area contributed by atoms with E-state index in [2.05, 4.69) is 16.9 Å². The molecular weight excluding hydrogens is 284 g/mol. The Balaban J connectivity index is 1.99. The zero-order chi connectivity index (χ0) is 15.1. The van der Waals surface area contributed by atoms with Crippen molar-refractivity contribution in [1.82, 2.24) is 9.97 Å². The molecule has 0 radical (unpaired) electrons. The van der Waals surface area contributed by atoms with E-state index in [9.17, 15) is 4.79 Å². The summed E-state index contributed by atoms with van der Waals surface area (Å²) < 4.78 is 0. The van der Waals surface area contributed by atoms with Gasteiger partial charge in [-0.25, -0.2) is 9.97 Å². The lowest BCUT2D eigenvalue weighted by atomic mass is 10.1. The number of nitrogens with zero attached hydrogens (tertiary/aromatic N) is 2. The molecule has 0 bridgehead atoms. The van der Waals surface area contributed by atoms with Crippen molar-refractivity contribution in [2.45, 2.75) is 39.0 Å². The summed E-state index contributed by atoms with van der Waals surface area (Å²) in [5.74, 6) is 0.667. The van der Waals surface area contributed by atoms with Gasteiger partial charge in [0.1, 0.15) is 0 Å². The molecule has 1 aromatic carbocycles. The molecule has 0 atom stereocenters. The van der Waals surface area contributed by atoms with Crippen molar-refractivity contribution in [3.8, 4) is 11.4 Å². The van der Waals surface area contributed by atoms with Crippen molar-refractivity contribution in [2.75, 3.05) is 0 Å². The van der Waals surface area contributed by atoms with Crippen LogP contribution < -0.4 is 0 Å². The minimum Gasteiger partial charge on any atom is -0.276 e. The smallest absolute Gasteiger partial charge is 0.252 e. The van der Waals surface area contributed by atoms with E-state index in [0.29, 0.717) is 11.4 Å². The number of benzene rings is 1. The lowest BCUT2D eigenvalue weighted by Crippen LogP contribution is -1.94. The Morgan fingerprint density at radius 3 is 2.29 bits per heavy atom. The number of rotatable bonds is 7. The number of unbranched alkanes of at least 4 members (excludes halogenated alkanes) is 3. The average Bonchev–Trinajstić information content (AvgIpc) is 2.52. The molecule has 0 unspecified atom stereocenters. The van der Waals surface area contributed by atoms with Crippen molar-refractivity contribution in [1.29, 1.82) is 0 Å². The third kappa shape index (κ3) is 4.64. The molecular formula is C17H19ClN2O. The first-order chi connectivity index (χ1) is 10.2. The number of aryl methyl sites for hydroxylation is 1. The zero-order valence-corrected chi connectivity index (χ0v) is 12.9. The first-order valence-corrected chi connectivity index (χ1v) is 7.69. The quantitative estimate of drug-likeness (QED) is 0.552. The SMILES string of the molecule is CCCCCCc1cnc(-c2ccc(C(=O)Cl)cc2)nc1. The molecule has 0 spiro atoms. The Bertz CT molecular complexity index is 579. The highest BCUT2D eigenvalue weighted by Gasteiger charge is 2.04. The van der Waals surface area contributed by atoms with Crippen molar-refractivity contribution in [2.24, 2.45) is 0 Å². The van der Waals surface area contributed by atoms with Gasteiger partial charge < -0.3 is 0 Å². The number of carbonyl (C=O) groups is 1. The van der Waals surface area contributed by atoms with Gasteiger partial charge in [-0.1, -0.05) is 38.3 Å². The largest absolute Gasteiger partial charge is 0.276 e. The number of aromatic nitrogens is 2. The molecule has 0 saturated heterocycles. The Hall–Kier alpha value is -1.74. The van der Waals surface area contributed by atoms with Crippen LogP contribution in [0, 0.1) is 0 Å². The summed E-state index contributed by atoms with van der Waals surface area (Å²) in [5, 5.41) is -0.454. The van der Waals surface area contributed by atoms with Gasteiger partial charge >= 0.3 is 0 Å². The topological polar surface area (TPSA) is 42.9 Å². The summed E-state index contributed by atoms with van der Waals surface area (Å²) in [6.45, 7) is 2.21. The molecule has 2 rings (SSSR count). The van der Waals surface area contributed by atoms with Crippen molar-refractivity contribution in [3.63, 3.8) is 0 Å². The minimum absolute atomic E-state index is 0.454. The highest BCUT2D eigenvalue weighted by atomic mass is 35.5. The van der Waals surface area contributed by atoms with E-state index >= 15 is 0 Å². The van der Waals surface area contributed by atoms with Crippen LogP contribution >= 0.6 is 11.6 Å². The molecule has 2 aromatic rings. The normalized spacial score (nSPS) is 10.6. The number of halogens is 1. The van der Waals surface area contributed by atoms with Gasteiger partial charge in [0.05, 0.1) is 0 Å². The molecule has 1 aromatic heterocycles. The summed E-state index contributed by atoms with van der Waals surface area (Å²) >= 11 is 5.42. The van der Waals surface area contributed by atoms with Gasteiger partial charge in [0.25, 0.3) is 5.24 Å². The Kier molecular flexibility index (Phi) is 5.88. The van der Waals surface area contributed by atoms with Crippen LogP contribution in [0.3, 0.4) is 0 Å². The highest BCUT2D eigenvalue weighted by Crippen LogP contribution is 2.17. The van der Waals surface area contributed by atoms with Gasteiger partial charge in [0.2, 0.25) is 0 Å². The fourth-order valence-electron chi connectivity index (χ4n) is 2.14. The Labute approximate surface area is 130 Å². The highest BCUT2D eigenvalue weighted by molar-refractivity contribution is 6.67. The van der Waals surface area contributed by atoms with E-state index in [1.165, 1.54) is 31.2 Å². The molecule has 3 nitrogen and oxygen atoms in total. The second kappa shape index (κ2) is 7.89. The summed E-state index contributed by atoms with van der Waals surface area (Å²) in [4.78, 5) is 19.8. The number of hydrogen-bond donors (Lipinski definition) is 0. The number of carbonyl (C=O) groups excluding carboxylic acids is 1. The maximum Gasteiger partial charge on any atom is 0.252 e. The maximum absolute atomic E-state index is 11.0. The second-order valence-corrected chi connectivity index (χ2v) is 5.42. The monoisotopic (exact) mass is 302 g/mol.